The van der Waals surface area contributed by atoms with E-state index in [4.69, 9.17) is 9.84 Å². The second-order valence-electron chi connectivity index (χ2n) is 6.56. The standard InChI is InChI=1S/C22H17N3O5S/c1-30-18-8-5-9-19(14-18)31(28,29)21-20(15-6-3-2-4-7-15)25(24-23-21)17-12-10-16(11-13-17)22(26)27/h2-14H,1H3,(H,26,27). The Kier molecular flexibility index (Phi) is 5.26. The van der Waals surface area contributed by atoms with Gasteiger partial charge >= 0.3 is 5.97 Å². The lowest BCUT2D eigenvalue weighted by atomic mass is 10.1. The molecule has 0 radical (unpaired) electrons. The van der Waals surface area contributed by atoms with Crippen LogP contribution in [0.3, 0.4) is 0 Å². The number of benzene rings is 3. The number of sulfone groups is 1. The smallest absolute Gasteiger partial charge is 0.335 e. The van der Waals surface area contributed by atoms with Crippen molar-refractivity contribution < 1.29 is 23.1 Å². The molecule has 4 rings (SSSR count). The Hall–Kier alpha value is -3.98. The lowest BCUT2D eigenvalue weighted by molar-refractivity contribution is 0.0697. The molecule has 0 saturated carbocycles. The fraction of sp³-hybridized carbons (Fsp3) is 0.0455. The molecular formula is C22H17N3O5S. The van der Waals surface area contributed by atoms with Crippen molar-refractivity contribution in [2.45, 2.75) is 9.92 Å². The molecule has 156 valence electrons. The minimum Gasteiger partial charge on any atom is -0.497 e. The van der Waals surface area contributed by atoms with Crippen molar-refractivity contribution in [2.24, 2.45) is 0 Å². The van der Waals surface area contributed by atoms with Crippen LogP contribution in [0.2, 0.25) is 0 Å². The maximum absolute atomic E-state index is 13.4. The largest absolute Gasteiger partial charge is 0.497 e. The van der Waals surface area contributed by atoms with Crippen molar-refractivity contribution in [1.29, 1.82) is 0 Å². The Morgan fingerprint density at radius 3 is 2.32 bits per heavy atom. The number of carbonyl (C=O) groups is 1. The molecule has 0 bridgehead atoms. The van der Waals surface area contributed by atoms with E-state index in [1.807, 2.05) is 6.07 Å². The number of carboxylic acid groups (broad SMARTS) is 1. The summed E-state index contributed by atoms with van der Waals surface area (Å²) < 4.78 is 33.4. The van der Waals surface area contributed by atoms with Crippen LogP contribution >= 0.6 is 0 Å². The van der Waals surface area contributed by atoms with Crippen LogP contribution in [0.15, 0.2) is 88.8 Å². The highest BCUT2D eigenvalue weighted by Gasteiger charge is 2.29. The van der Waals surface area contributed by atoms with Crippen molar-refractivity contribution in [3.05, 3.63) is 84.4 Å². The van der Waals surface area contributed by atoms with E-state index in [-0.39, 0.29) is 21.2 Å². The van der Waals surface area contributed by atoms with Gasteiger partial charge in [0.25, 0.3) is 0 Å². The first-order chi connectivity index (χ1) is 14.9. The highest BCUT2D eigenvalue weighted by Crippen LogP contribution is 2.32. The molecule has 1 heterocycles. The van der Waals surface area contributed by atoms with Crippen LogP contribution in [-0.2, 0) is 9.84 Å². The lowest BCUT2D eigenvalue weighted by Crippen LogP contribution is -2.06. The van der Waals surface area contributed by atoms with E-state index in [9.17, 15) is 13.2 Å². The highest BCUT2D eigenvalue weighted by molar-refractivity contribution is 7.91. The number of hydrogen-bond acceptors (Lipinski definition) is 6. The van der Waals surface area contributed by atoms with Gasteiger partial charge in [0.2, 0.25) is 14.9 Å². The Balaban J connectivity index is 1.92. The number of aromatic carboxylic acids is 1. The summed E-state index contributed by atoms with van der Waals surface area (Å²) in [5.41, 5.74) is 1.44. The fourth-order valence-corrected chi connectivity index (χ4v) is 4.45. The SMILES string of the molecule is COc1cccc(S(=O)(=O)c2nnn(-c3ccc(C(=O)O)cc3)c2-c2ccccc2)c1. The molecule has 0 saturated heterocycles. The van der Waals surface area contributed by atoms with E-state index in [0.717, 1.165) is 0 Å². The molecule has 0 aliphatic heterocycles. The van der Waals surface area contributed by atoms with Gasteiger partial charge in [0.1, 0.15) is 11.4 Å². The first-order valence-electron chi connectivity index (χ1n) is 9.16. The summed E-state index contributed by atoms with van der Waals surface area (Å²) >= 11 is 0. The number of methoxy groups -OCH3 is 1. The third-order valence-electron chi connectivity index (χ3n) is 4.65. The number of nitrogens with zero attached hydrogens (tertiary/aromatic N) is 3. The van der Waals surface area contributed by atoms with E-state index in [1.165, 1.54) is 36.1 Å². The molecule has 0 amide bonds. The summed E-state index contributed by atoms with van der Waals surface area (Å²) in [6.45, 7) is 0. The molecule has 0 fully saturated rings. The predicted octanol–water partition coefficient (Wildman–Crippen LogP) is 3.47. The van der Waals surface area contributed by atoms with Crippen LogP contribution in [0.4, 0.5) is 0 Å². The van der Waals surface area contributed by atoms with E-state index in [0.29, 0.717) is 17.0 Å². The zero-order valence-corrected chi connectivity index (χ0v) is 17.2. The van der Waals surface area contributed by atoms with Crippen molar-refractivity contribution in [1.82, 2.24) is 15.0 Å². The summed E-state index contributed by atoms with van der Waals surface area (Å²) in [5, 5.41) is 17.0. The molecule has 4 aromatic rings. The molecule has 0 aliphatic carbocycles. The molecule has 9 heteroatoms. The van der Waals surface area contributed by atoms with Gasteiger partial charge in [-0.15, -0.1) is 5.10 Å². The Bertz CT molecular complexity index is 1350. The second kappa shape index (κ2) is 8.04. The Morgan fingerprint density at radius 2 is 1.68 bits per heavy atom. The summed E-state index contributed by atoms with van der Waals surface area (Å²) in [5.74, 6) is -0.659. The molecule has 0 atom stereocenters. The van der Waals surface area contributed by atoms with Gasteiger partial charge in [0.05, 0.1) is 23.3 Å². The second-order valence-corrected chi connectivity index (χ2v) is 8.42. The number of aromatic nitrogens is 3. The molecule has 8 nitrogen and oxygen atoms in total. The van der Waals surface area contributed by atoms with Crippen LogP contribution in [0.25, 0.3) is 16.9 Å². The Labute approximate surface area is 178 Å². The average Bonchev–Trinajstić information content (AvgIpc) is 3.26. The molecule has 1 N–H and O–H groups in total. The van der Waals surface area contributed by atoms with Crippen LogP contribution in [-0.4, -0.2) is 41.6 Å². The van der Waals surface area contributed by atoms with Crippen LogP contribution in [0.1, 0.15) is 10.4 Å². The zero-order chi connectivity index (χ0) is 22.0. The zero-order valence-electron chi connectivity index (χ0n) is 16.3. The van der Waals surface area contributed by atoms with Gasteiger partial charge in [0, 0.05) is 5.56 Å². The van der Waals surface area contributed by atoms with E-state index in [2.05, 4.69) is 10.3 Å². The third-order valence-corrected chi connectivity index (χ3v) is 6.31. The number of carboxylic acids is 1. The van der Waals surface area contributed by atoms with Gasteiger partial charge in [0.15, 0.2) is 0 Å². The topological polar surface area (TPSA) is 111 Å². The van der Waals surface area contributed by atoms with Crippen molar-refractivity contribution in [3.63, 3.8) is 0 Å². The number of rotatable bonds is 6. The number of ether oxygens (including phenoxy) is 1. The van der Waals surface area contributed by atoms with Crippen molar-refractivity contribution in [2.75, 3.05) is 7.11 Å². The minimum atomic E-state index is -4.03. The van der Waals surface area contributed by atoms with E-state index in [1.54, 1.807) is 48.5 Å². The normalized spacial score (nSPS) is 11.3. The van der Waals surface area contributed by atoms with Crippen molar-refractivity contribution in [3.8, 4) is 22.7 Å². The molecule has 0 spiro atoms. The lowest BCUT2D eigenvalue weighted by Gasteiger charge is -2.10. The maximum atomic E-state index is 13.4. The first-order valence-corrected chi connectivity index (χ1v) is 10.6. The fourth-order valence-electron chi connectivity index (χ4n) is 3.10. The van der Waals surface area contributed by atoms with Gasteiger partial charge in [-0.25, -0.2) is 17.9 Å². The van der Waals surface area contributed by atoms with Crippen molar-refractivity contribution >= 4 is 15.8 Å². The minimum absolute atomic E-state index is 0.0253. The summed E-state index contributed by atoms with van der Waals surface area (Å²) in [6.07, 6.45) is 0. The molecule has 0 unspecified atom stereocenters. The molecule has 3 aromatic carbocycles. The third kappa shape index (κ3) is 3.78. The summed E-state index contributed by atoms with van der Waals surface area (Å²) in [6, 6.07) is 20.9. The molecule has 31 heavy (non-hydrogen) atoms. The molecular weight excluding hydrogens is 418 g/mol. The quantitative estimate of drug-likeness (QED) is 0.493. The van der Waals surface area contributed by atoms with Gasteiger partial charge in [-0.05, 0) is 42.5 Å². The monoisotopic (exact) mass is 435 g/mol. The van der Waals surface area contributed by atoms with Gasteiger partial charge < -0.3 is 9.84 Å². The maximum Gasteiger partial charge on any atom is 0.335 e. The van der Waals surface area contributed by atoms with Gasteiger partial charge in [-0.1, -0.05) is 41.6 Å². The summed E-state index contributed by atoms with van der Waals surface area (Å²) in [4.78, 5) is 11.2. The first kappa shape index (κ1) is 20.3. The average molecular weight is 435 g/mol. The highest BCUT2D eigenvalue weighted by atomic mass is 32.2. The number of hydrogen-bond donors (Lipinski definition) is 1. The van der Waals surface area contributed by atoms with Gasteiger partial charge in [-0.2, -0.15) is 0 Å². The molecule has 0 aliphatic rings. The summed E-state index contributed by atoms with van der Waals surface area (Å²) in [7, 11) is -2.57. The van der Waals surface area contributed by atoms with E-state index < -0.39 is 15.8 Å². The Morgan fingerprint density at radius 1 is 0.968 bits per heavy atom. The van der Waals surface area contributed by atoms with Crippen LogP contribution in [0, 0.1) is 0 Å². The van der Waals surface area contributed by atoms with Gasteiger partial charge in [-0.3, -0.25) is 0 Å². The molecule has 1 aromatic heterocycles. The van der Waals surface area contributed by atoms with E-state index >= 15 is 0 Å². The van der Waals surface area contributed by atoms with Crippen LogP contribution < -0.4 is 4.74 Å². The predicted molar refractivity (Wildman–Crippen MR) is 112 cm³/mol. The van der Waals surface area contributed by atoms with Crippen LogP contribution in [0.5, 0.6) is 5.75 Å².